The number of hydrogen-bond acceptors (Lipinski definition) is 15. The van der Waals surface area contributed by atoms with Gasteiger partial charge in [-0.3, -0.25) is 33.6 Å². The van der Waals surface area contributed by atoms with Crippen molar-refractivity contribution in [2.75, 3.05) is 68.3 Å². The Labute approximate surface area is 512 Å². The number of carbonyl (C=O) groups excluding carboxylic acids is 9. The van der Waals surface area contributed by atoms with Crippen molar-refractivity contribution in [3.05, 3.63) is 102 Å². The predicted molar refractivity (Wildman–Crippen MR) is 324 cm³/mol. The molecule has 0 aromatic heterocycles. The maximum absolute atomic E-state index is 15.0. The minimum Gasteiger partial charge on any atom is -0.493 e. The molecule has 1 aliphatic carbocycles. The maximum atomic E-state index is 15.0. The molecule has 0 spiro atoms. The number of nitrogens with one attached hydrogen (secondary N) is 2. The summed E-state index contributed by atoms with van der Waals surface area (Å²) in [7, 11) is 7.53. The summed E-state index contributed by atoms with van der Waals surface area (Å²) in [5.74, 6) is -4.88. The fourth-order valence-corrected chi connectivity index (χ4v) is 10.8. The third-order valence-electron chi connectivity index (χ3n) is 16.4. The molecule has 6 rings (SSSR count). The van der Waals surface area contributed by atoms with Gasteiger partial charge in [0.05, 0.1) is 31.8 Å². The SMILES string of the molecule is COc1ccc(CC[C@H]2OC(=O)[C@@H]3CCCCN3C(=O)C(=O)C(C)(C)COC(=O)/C=C\CCN(C)C(=O)[C@H](CC3CCCCC3)NC(=O)[C@H](COC(C)(C)C)N(C)C(=O)C(c3ccccc3)NC(=O)[C@H](C)N(C)C(=O)COc3cccc2c3)cc1OC. The van der Waals surface area contributed by atoms with Crippen molar-refractivity contribution in [2.24, 2.45) is 11.3 Å². The van der Waals surface area contributed by atoms with Gasteiger partial charge in [-0.15, -0.1) is 0 Å². The molecule has 3 aliphatic rings. The molecule has 2 fully saturated rings. The molecule has 1 saturated heterocycles. The standard InChI is InChI=1S/C66H90N6O15/c1-43-59(76)68-57(46-25-16-13-17-26-46)62(79)71(9)51(40-86-65(2,3)4)60(77)67-49(37-44-23-14-12-15-24-44)61(78)69(7)35-20-19-30-56(74)85-42-66(5,6)58(75)63(80)72-36-21-18-29-50(72)64(81)87-52(33-31-45-32-34-53(82-10)54(38-45)83-11)47-27-22-28-48(39-47)84-41-55(73)70(43)8/h13,16-17,19,22,25-28,30,32,34,38-39,43-44,49-52,57H,12,14-15,18,20-21,23-24,29,31,33,35-37,40-42H2,1-11H3,(H,67,77)(H,68,76)/b30-19-/t43-,49-,50-,51-,52+,57?/m0/s1. The van der Waals surface area contributed by atoms with E-state index < -0.39 is 108 Å². The lowest BCUT2D eigenvalue weighted by atomic mass is 9.84. The Morgan fingerprint density at radius 2 is 1.40 bits per heavy atom. The Morgan fingerprint density at radius 3 is 2.09 bits per heavy atom. The number of esters is 2. The van der Waals surface area contributed by atoms with E-state index in [0.717, 1.165) is 37.7 Å². The third-order valence-corrected chi connectivity index (χ3v) is 16.4. The van der Waals surface area contributed by atoms with E-state index in [1.165, 1.54) is 80.8 Å². The van der Waals surface area contributed by atoms with Crippen LogP contribution in [0.1, 0.15) is 141 Å². The lowest BCUT2D eigenvalue weighted by molar-refractivity contribution is -0.165. The van der Waals surface area contributed by atoms with E-state index in [9.17, 15) is 43.2 Å². The van der Waals surface area contributed by atoms with Gasteiger partial charge in [-0.05, 0) is 133 Å². The number of aryl methyl sites for hydroxylation is 1. The average Bonchev–Trinajstić information content (AvgIpc) is 3.12. The first-order chi connectivity index (χ1) is 41.3. The van der Waals surface area contributed by atoms with E-state index in [1.807, 2.05) is 32.9 Å². The van der Waals surface area contributed by atoms with E-state index in [-0.39, 0.29) is 56.5 Å². The van der Waals surface area contributed by atoms with Crippen LogP contribution in [0, 0.1) is 11.3 Å². The van der Waals surface area contributed by atoms with Gasteiger partial charge in [-0.2, -0.15) is 0 Å². The minimum atomic E-state index is -1.50. The van der Waals surface area contributed by atoms with Crippen LogP contribution in [0.15, 0.2) is 84.9 Å². The highest BCUT2D eigenvalue weighted by Crippen LogP contribution is 2.34. The zero-order valence-electron chi connectivity index (χ0n) is 52.6. The first-order valence-electron chi connectivity index (χ1n) is 30.2. The summed E-state index contributed by atoms with van der Waals surface area (Å²) in [6, 6.07) is 14.7. The van der Waals surface area contributed by atoms with Crippen molar-refractivity contribution in [3.8, 4) is 17.2 Å². The number of likely N-dealkylation sites (N-methyl/N-ethyl adjacent to an activating group) is 3. The number of methoxy groups -OCH3 is 2. The number of fused-ring (bicyclic) bond motifs is 3. The fraction of sp³-hybridized carbons (Fsp3) is 0.561. The number of nitrogens with zero attached hydrogens (tertiary/aromatic N) is 4. The van der Waals surface area contributed by atoms with Crippen molar-refractivity contribution >= 4 is 53.2 Å². The average molecular weight is 1210 g/mol. The van der Waals surface area contributed by atoms with Crippen molar-refractivity contribution in [2.45, 2.75) is 161 Å². The summed E-state index contributed by atoms with van der Waals surface area (Å²) >= 11 is 0. The van der Waals surface area contributed by atoms with Crippen molar-refractivity contribution in [1.29, 1.82) is 0 Å². The van der Waals surface area contributed by atoms with Gasteiger partial charge in [-0.25, -0.2) is 9.59 Å². The van der Waals surface area contributed by atoms with Gasteiger partial charge in [0.25, 0.3) is 11.8 Å². The summed E-state index contributed by atoms with van der Waals surface area (Å²) < 4.78 is 35.1. The molecule has 0 radical (unpaired) electrons. The van der Waals surface area contributed by atoms with Gasteiger partial charge in [0.1, 0.15) is 48.7 Å². The molecule has 6 amide bonds. The molecular formula is C66H90N6O15. The van der Waals surface area contributed by atoms with Crippen LogP contribution >= 0.6 is 0 Å². The summed E-state index contributed by atoms with van der Waals surface area (Å²) in [6.45, 7) is 8.90. The monoisotopic (exact) mass is 1210 g/mol. The van der Waals surface area contributed by atoms with Gasteiger partial charge < -0.3 is 58.7 Å². The quantitative estimate of drug-likeness (QED) is 0.153. The number of benzene rings is 3. The molecule has 21 heteroatoms. The Balaban J connectivity index is 1.33. The fourth-order valence-electron chi connectivity index (χ4n) is 10.8. The number of ketones is 1. The lowest BCUT2D eigenvalue weighted by Crippen LogP contribution is -2.58. The second-order valence-corrected chi connectivity index (χ2v) is 24.5. The molecule has 2 aliphatic heterocycles. The van der Waals surface area contributed by atoms with Gasteiger partial charge in [0.15, 0.2) is 18.1 Å². The minimum absolute atomic E-state index is 0.103. The van der Waals surface area contributed by atoms with Crippen LogP contribution in [-0.2, 0) is 63.8 Å². The molecule has 2 bridgehead atoms. The number of rotatable bonds is 10. The number of cyclic esters (lactones) is 2. The smallest absolute Gasteiger partial charge is 0.330 e. The zero-order valence-corrected chi connectivity index (χ0v) is 52.6. The van der Waals surface area contributed by atoms with Crippen molar-refractivity contribution in [3.63, 3.8) is 0 Å². The Hall–Kier alpha value is -7.81. The number of amides is 6. The molecule has 3 aromatic carbocycles. The van der Waals surface area contributed by atoms with Crippen LogP contribution in [0.25, 0.3) is 0 Å². The van der Waals surface area contributed by atoms with Crippen LogP contribution < -0.4 is 24.8 Å². The van der Waals surface area contributed by atoms with Crippen LogP contribution in [0.3, 0.4) is 0 Å². The number of ether oxygens (including phenoxy) is 6. The summed E-state index contributed by atoms with van der Waals surface area (Å²) in [5.41, 5.74) is -0.521. The van der Waals surface area contributed by atoms with Gasteiger partial charge in [0.2, 0.25) is 29.4 Å². The molecule has 3 aromatic rings. The highest BCUT2D eigenvalue weighted by atomic mass is 16.5. The normalized spacial score (nSPS) is 24.1. The first-order valence-corrected chi connectivity index (χ1v) is 30.2. The summed E-state index contributed by atoms with van der Waals surface area (Å²) in [5, 5.41) is 5.84. The number of Topliss-reactive ketones (excluding diaryl/α,β-unsaturated/α-hetero) is 1. The number of piperidine rings is 1. The molecule has 2 heterocycles. The predicted octanol–water partition coefficient (Wildman–Crippen LogP) is 7.04. The highest BCUT2D eigenvalue weighted by molar-refractivity contribution is 6.38. The molecule has 1 saturated carbocycles. The molecule has 1 unspecified atom stereocenters. The molecule has 87 heavy (non-hydrogen) atoms. The largest absolute Gasteiger partial charge is 0.493 e. The Kier molecular flexibility index (Phi) is 24.9. The summed E-state index contributed by atoms with van der Waals surface area (Å²) in [4.78, 5) is 134. The van der Waals surface area contributed by atoms with E-state index in [0.29, 0.717) is 48.3 Å². The number of carbonyl (C=O) groups is 9. The van der Waals surface area contributed by atoms with Gasteiger partial charge in [-0.1, -0.05) is 86.7 Å². The van der Waals surface area contributed by atoms with Crippen molar-refractivity contribution in [1.82, 2.24) is 30.2 Å². The highest BCUT2D eigenvalue weighted by Gasteiger charge is 2.43. The lowest BCUT2D eigenvalue weighted by Gasteiger charge is -2.36. The van der Waals surface area contributed by atoms with E-state index >= 15 is 0 Å². The third kappa shape index (κ3) is 19.3. The van der Waals surface area contributed by atoms with Crippen LogP contribution in [-0.4, -0.2) is 171 Å². The molecule has 6 atom stereocenters. The Bertz CT molecular complexity index is 2920. The summed E-state index contributed by atoms with van der Waals surface area (Å²) in [6.07, 6.45) is 9.05. The Morgan fingerprint density at radius 1 is 0.713 bits per heavy atom. The first kappa shape index (κ1) is 68.3. The van der Waals surface area contributed by atoms with Crippen LogP contribution in [0.4, 0.5) is 0 Å². The molecule has 2 N–H and O–H groups in total. The van der Waals surface area contributed by atoms with Gasteiger partial charge in [0, 0.05) is 40.3 Å². The van der Waals surface area contributed by atoms with Gasteiger partial charge >= 0.3 is 11.9 Å². The molecule has 474 valence electrons. The molecular weight excluding hydrogens is 1120 g/mol. The van der Waals surface area contributed by atoms with Crippen LogP contribution in [0.2, 0.25) is 0 Å². The van der Waals surface area contributed by atoms with Crippen LogP contribution in [0.5, 0.6) is 17.2 Å². The maximum Gasteiger partial charge on any atom is 0.330 e. The van der Waals surface area contributed by atoms with E-state index in [2.05, 4.69) is 10.6 Å². The topological polar surface area (TPSA) is 246 Å². The second kappa shape index (κ2) is 31.7. The molecule has 21 nitrogen and oxygen atoms in total. The number of hydrogen-bond donors (Lipinski definition) is 2. The second-order valence-electron chi connectivity index (χ2n) is 24.5. The van der Waals surface area contributed by atoms with E-state index in [1.54, 1.807) is 67.7 Å². The zero-order chi connectivity index (χ0) is 63.6. The van der Waals surface area contributed by atoms with Crippen molar-refractivity contribution < 1.29 is 71.6 Å². The van der Waals surface area contributed by atoms with E-state index in [4.69, 9.17) is 28.4 Å².